The molecule has 0 amide bonds. The second-order valence-electron chi connectivity index (χ2n) is 7.37. The van der Waals surface area contributed by atoms with Gasteiger partial charge in [0, 0.05) is 29.5 Å². The number of rotatable bonds is 6. The van der Waals surface area contributed by atoms with Crippen molar-refractivity contribution in [2.24, 2.45) is 0 Å². The summed E-state index contributed by atoms with van der Waals surface area (Å²) < 4.78 is 30.9. The first-order valence-electron chi connectivity index (χ1n) is 9.65. The second kappa shape index (κ2) is 8.04. The van der Waals surface area contributed by atoms with E-state index in [4.69, 9.17) is 14.2 Å². The van der Waals surface area contributed by atoms with Gasteiger partial charge in [-0.1, -0.05) is 12.1 Å². The number of benzene rings is 2. The molecule has 2 atom stereocenters. The molecule has 0 aromatic heterocycles. The maximum Gasteiger partial charge on any atom is 0.488 e. The van der Waals surface area contributed by atoms with Crippen molar-refractivity contribution >= 4 is 18.6 Å². The zero-order chi connectivity index (χ0) is 20.5. The summed E-state index contributed by atoms with van der Waals surface area (Å²) in [6, 6.07) is 8.17. The summed E-state index contributed by atoms with van der Waals surface area (Å²) >= 11 is 0. The van der Waals surface area contributed by atoms with Crippen LogP contribution in [0.2, 0.25) is 0 Å². The van der Waals surface area contributed by atoms with E-state index in [1.54, 1.807) is 6.07 Å². The zero-order valence-electron chi connectivity index (χ0n) is 16.1. The molecule has 0 bridgehead atoms. The lowest BCUT2D eigenvalue weighted by atomic mass is 9.76. The molecule has 152 valence electrons. The predicted octanol–water partition coefficient (Wildman–Crippen LogP) is 2.00. The number of carbonyl (C=O) groups is 1. The average Bonchev–Trinajstić information content (AvgIpc) is 3.30. The number of ether oxygens (including phenoxy) is 3. The van der Waals surface area contributed by atoms with Gasteiger partial charge in [-0.3, -0.25) is 4.79 Å². The molecule has 4 rings (SSSR count). The van der Waals surface area contributed by atoms with E-state index >= 15 is 0 Å². The Bertz CT molecular complexity index is 932. The Morgan fingerprint density at radius 1 is 1.31 bits per heavy atom. The number of carbonyl (C=O) groups excluding carboxylic acids is 1. The third kappa shape index (κ3) is 3.82. The molecule has 2 N–H and O–H groups in total. The van der Waals surface area contributed by atoms with Crippen LogP contribution >= 0.6 is 0 Å². The van der Waals surface area contributed by atoms with Crippen molar-refractivity contribution in [1.29, 1.82) is 0 Å². The van der Waals surface area contributed by atoms with E-state index in [9.17, 15) is 19.2 Å². The smallest absolute Gasteiger partial charge is 0.488 e. The van der Waals surface area contributed by atoms with Crippen LogP contribution in [0.25, 0.3) is 0 Å². The predicted molar refractivity (Wildman–Crippen MR) is 104 cm³/mol. The first kappa shape index (κ1) is 19.7. The summed E-state index contributed by atoms with van der Waals surface area (Å²) in [5.74, 6) is 0.733. The molecule has 6 nitrogen and oxygen atoms in total. The topological polar surface area (TPSA) is 85.2 Å². The molecular formula is C21H22BFO6. The van der Waals surface area contributed by atoms with Gasteiger partial charge in [-0.25, -0.2) is 4.39 Å². The highest BCUT2D eigenvalue weighted by atomic mass is 19.1. The Labute approximate surface area is 168 Å². The Morgan fingerprint density at radius 2 is 2.14 bits per heavy atom. The van der Waals surface area contributed by atoms with E-state index in [0.29, 0.717) is 60.4 Å². The lowest BCUT2D eigenvalue weighted by Crippen LogP contribution is -2.33. The first-order chi connectivity index (χ1) is 14.0. The number of hydrogen-bond donors (Lipinski definition) is 2. The lowest BCUT2D eigenvalue weighted by molar-refractivity contribution is -0.140. The maximum absolute atomic E-state index is 14.4. The fraction of sp³-hybridized carbons (Fsp3) is 0.381. The molecule has 0 spiro atoms. The van der Waals surface area contributed by atoms with Crippen LogP contribution in [0.5, 0.6) is 11.5 Å². The van der Waals surface area contributed by atoms with Crippen molar-refractivity contribution in [2.45, 2.75) is 37.7 Å². The molecule has 29 heavy (non-hydrogen) atoms. The van der Waals surface area contributed by atoms with Crippen molar-refractivity contribution in [3.8, 4) is 11.5 Å². The summed E-state index contributed by atoms with van der Waals surface area (Å²) in [6.45, 7) is 0.494. The van der Waals surface area contributed by atoms with Gasteiger partial charge in [0.05, 0.1) is 13.7 Å². The van der Waals surface area contributed by atoms with Crippen molar-refractivity contribution in [1.82, 2.24) is 0 Å². The Morgan fingerprint density at radius 3 is 2.90 bits per heavy atom. The fourth-order valence-electron chi connectivity index (χ4n) is 4.19. The van der Waals surface area contributed by atoms with Crippen LogP contribution in [0.3, 0.4) is 0 Å². The molecule has 0 fully saturated rings. The molecule has 0 radical (unpaired) electrons. The second-order valence-corrected chi connectivity index (χ2v) is 7.37. The molecule has 8 heteroatoms. The normalized spacial score (nSPS) is 19.3. The Balaban J connectivity index is 1.51. The van der Waals surface area contributed by atoms with Crippen LogP contribution in [-0.2, 0) is 16.0 Å². The van der Waals surface area contributed by atoms with E-state index < -0.39 is 19.0 Å². The Kier molecular flexibility index (Phi) is 5.47. The van der Waals surface area contributed by atoms with Gasteiger partial charge < -0.3 is 24.3 Å². The highest BCUT2D eigenvalue weighted by molar-refractivity contribution is 6.59. The lowest BCUT2D eigenvalue weighted by Gasteiger charge is -2.17. The Hall–Kier alpha value is -2.58. The van der Waals surface area contributed by atoms with Crippen molar-refractivity contribution in [2.75, 3.05) is 13.7 Å². The molecular weight excluding hydrogens is 378 g/mol. The zero-order valence-corrected chi connectivity index (χ0v) is 16.1. The van der Waals surface area contributed by atoms with E-state index in [1.165, 1.54) is 19.2 Å². The average molecular weight is 400 g/mol. The fourth-order valence-corrected chi connectivity index (χ4v) is 4.19. The van der Waals surface area contributed by atoms with Gasteiger partial charge in [-0.15, -0.1) is 0 Å². The van der Waals surface area contributed by atoms with Crippen molar-refractivity contribution < 1.29 is 33.4 Å². The van der Waals surface area contributed by atoms with E-state index in [1.807, 2.05) is 12.1 Å². The minimum Gasteiger partial charge on any atom is -0.493 e. The first-order valence-corrected chi connectivity index (χ1v) is 9.65. The summed E-state index contributed by atoms with van der Waals surface area (Å²) in [5, 5.41) is 19.1. The van der Waals surface area contributed by atoms with E-state index in [-0.39, 0.29) is 11.9 Å². The maximum atomic E-state index is 14.4. The van der Waals surface area contributed by atoms with Crippen molar-refractivity contribution in [3.05, 3.63) is 52.8 Å². The standard InChI is InChI=1S/C21H22BFO6/c1-27-20(24)9-2-12-11-28-19-10-13(3-4-14(12)19)29-18-8-5-15-16(22(25)26)6-7-17(23)21(15)18/h3-4,6-7,10,12,18,25-26H,2,5,8-9,11H2,1H3/t12-,18-/m1/s1. The SMILES string of the molecule is COC(=O)CC[C@@H]1COc2cc(O[C@@H]3CCc4c(B(O)O)ccc(F)c43)ccc21. The number of methoxy groups -OCH3 is 1. The summed E-state index contributed by atoms with van der Waals surface area (Å²) in [6.07, 6.45) is 1.54. The van der Waals surface area contributed by atoms with Gasteiger partial charge in [-0.05, 0) is 42.4 Å². The van der Waals surface area contributed by atoms with Crippen LogP contribution in [0.4, 0.5) is 4.39 Å². The third-order valence-corrected chi connectivity index (χ3v) is 5.66. The van der Waals surface area contributed by atoms with Crippen LogP contribution in [0, 0.1) is 5.82 Å². The number of halogens is 1. The number of esters is 1. The third-order valence-electron chi connectivity index (χ3n) is 5.66. The van der Waals surface area contributed by atoms with Gasteiger partial charge in [-0.2, -0.15) is 0 Å². The number of hydrogen-bond acceptors (Lipinski definition) is 6. The van der Waals surface area contributed by atoms with Gasteiger partial charge >= 0.3 is 13.1 Å². The summed E-state index contributed by atoms with van der Waals surface area (Å²) in [7, 11) is -0.266. The molecule has 0 saturated carbocycles. The molecule has 1 aliphatic carbocycles. The van der Waals surface area contributed by atoms with E-state index in [2.05, 4.69) is 0 Å². The summed E-state index contributed by atoms with van der Waals surface area (Å²) in [5.41, 5.74) is 2.32. The van der Waals surface area contributed by atoms with Gasteiger partial charge in [0.1, 0.15) is 23.4 Å². The van der Waals surface area contributed by atoms with E-state index in [0.717, 1.165) is 5.56 Å². The van der Waals surface area contributed by atoms with Crippen LogP contribution in [-0.4, -0.2) is 36.9 Å². The largest absolute Gasteiger partial charge is 0.493 e. The van der Waals surface area contributed by atoms with Crippen molar-refractivity contribution in [3.63, 3.8) is 0 Å². The number of fused-ring (bicyclic) bond motifs is 2. The summed E-state index contributed by atoms with van der Waals surface area (Å²) in [4.78, 5) is 11.4. The molecule has 0 unspecified atom stereocenters. The van der Waals surface area contributed by atoms with Crippen LogP contribution in [0.1, 0.15) is 48.0 Å². The minimum absolute atomic E-state index is 0.122. The van der Waals surface area contributed by atoms with Gasteiger partial charge in [0.2, 0.25) is 0 Å². The molecule has 1 heterocycles. The highest BCUT2D eigenvalue weighted by Gasteiger charge is 2.33. The van der Waals surface area contributed by atoms with Gasteiger partial charge in [0.25, 0.3) is 0 Å². The monoisotopic (exact) mass is 400 g/mol. The van der Waals surface area contributed by atoms with Crippen LogP contribution < -0.4 is 14.9 Å². The van der Waals surface area contributed by atoms with Gasteiger partial charge in [0.15, 0.2) is 0 Å². The molecule has 2 aromatic rings. The molecule has 2 aliphatic rings. The van der Waals surface area contributed by atoms with Crippen LogP contribution in [0.15, 0.2) is 30.3 Å². The minimum atomic E-state index is -1.64. The highest BCUT2D eigenvalue weighted by Crippen LogP contribution is 2.41. The molecule has 1 aliphatic heterocycles. The molecule has 0 saturated heterocycles. The molecule has 2 aromatic carbocycles. The quantitative estimate of drug-likeness (QED) is 0.570.